The van der Waals surface area contributed by atoms with Crippen LogP contribution in [-0.2, 0) is 4.79 Å². The number of aliphatic carboxylic acids is 1. The predicted octanol–water partition coefficient (Wildman–Crippen LogP) is 3.09. The second-order valence-electron chi connectivity index (χ2n) is 4.07. The summed E-state index contributed by atoms with van der Waals surface area (Å²) in [6.45, 7) is 3.15. The van der Waals surface area contributed by atoms with E-state index in [2.05, 4.69) is 21.2 Å². The summed E-state index contributed by atoms with van der Waals surface area (Å²) in [6, 6.07) is 4.80. The molecule has 0 saturated carbocycles. The van der Waals surface area contributed by atoms with Crippen molar-refractivity contribution in [2.24, 2.45) is 0 Å². The summed E-state index contributed by atoms with van der Waals surface area (Å²) in [5.74, 6) is -1.58. The Bertz CT molecular complexity index is 492. The summed E-state index contributed by atoms with van der Waals surface area (Å²) >= 11 is 9.17. The van der Waals surface area contributed by atoms with Crippen LogP contribution in [0.5, 0.6) is 0 Å². The number of carbonyl (C=O) groups is 2. The van der Waals surface area contributed by atoms with Crippen molar-refractivity contribution in [3.8, 4) is 0 Å². The number of carboxylic acid groups (broad SMARTS) is 1. The molecule has 1 rings (SSSR count). The summed E-state index contributed by atoms with van der Waals surface area (Å²) in [5.41, 5.74) is -1.05. The van der Waals surface area contributed by atoms with Crippen molar-refractivity contribution < 1.29 is 14.7 Å². The zero-order valence-electron chi connectivity index (χ0n) is 9.96. The summed E-state index contributed by atoms with van der Waals surface area (Å²) in [6.07, 6.45) is 0.280. The maximum Gasteiger partial charge on any atom is 0.329 e. The summed E-state index contributed by atoms with van der Waals surface area (Å²) in [7, 11) is 0. The van der Waals surface area contributed by atoms with E-state index in [4.69, 9.17) is 16.7 Å². The van der Waals surface area contributed by atoms with E-state index in [0.29, 0.717) is 0 Å². The second kappa shape index (κ2) is 5.71. The van der Waals surface area contributed by atoms with Gasteiger partial charge in [-0.3, -0.25) is 4.79 Å². The minimum absolute atomic E-state index is 0.251. The zero-order valence-corrected chi connectivity index (χ0v) is 12.3. The van der Waals surface area contributed by atoms with Gasteiger partial charge in [0, 0.05) is 4.47 Å². The van der Waals surface area contributed by atoms with Crippen molar-refractivity contribution in [2.45, 2.75) is 25.8 Å². The minimum atomic E-state index is -1.30. The van der Waals surface area contributed by atoms with Crippen LogP contribution in [0.3, 0.4) is 0 Å². The molecule has 0 radical (unpaired) electrons. The summed E-state index contributed by atoms with van der Waals surface area (Å²) in [5, 5.41) is 11.8. The highest BCUT2D eigenvalue weighted by molar-refractivity contribution is 9.10. The molecule has 4 nitrogen and oxygen atoms in total. The largest absolute Gasteiger partial charge is 0.480 e. The molecule has 0 aliphatic heterocycles. The van der Waals surface area contributed by atoms with Crippen molar-refractivity contribution in [1.29, 1.82) is 0 Å². The Kier molecular flexibility index (Phi) is 4.76. The summed E-state index contributed by atoms with van der Waals surface area (Å²) < 4.78 is 0.750. The van der Waals surface area contributed by atoms with Gasteiger partial charge >= 0.3 is 5.97 Å². The van der Waals surface area contributed by atoms with E-state index in [0.717, 1.165) is 4.47 Å². The monoisotopic (exact) mass is 333 g/mol. The van der Waals surface area contributed by atoms with Crippen molar-refractivity contribution in [3.63, 3.8) is 0 Å². The average Bonchev–Trinajstić information content (AvgIpc) is 2.28. The standard InChI is InChI=1S/C12H13BrClNO3/c1-3-12(2,11(17)18)15-10(16)8-5-4-7(13)6-9(8)14/h4-6H,3H2,1-2H3,(H,15,16)(H,17,18). The number of carboxylic acids is 1. The third-order valence-electron chi connectivity index (χ3n) is 2.74. The Hall–Kier alpha value is -1.07. The number of hydrogen-bond donors (Lipinski definition) is 2. The predicted molar refractivity (Wildman–Crippen MR) is 73.0 cm³/mol. The molecule has 0 aromatic heterocycles. The molecule has 18 heavy (non-hydrogen) atoms. The Balaban J connectivity index is 2.98. The van der Waals surface area contributed by atoms with Gasteiger partial charge in [-0.2, -0.15) is 0 Å². The van der Waals surface area contributed by atoms with E-state index >= 15 is 0 Å². The molecule has 0 saturated heterocycles. The molecule has 1 unspecified atom stereocenters. The quantitative estimate of drug-likeness (QED) is 0.889. The van der Waals surface area contributed by atoms with E-state index in [1.807, 2.05) is 0 Å². The average molecular weight is 335 g/mol. The molecule has 2 N–H and O–H groups in total. The molecule has 1 amide bonds. The van der Waals surface area contributed by atoms with Gasteiger partial charge in [-0.25, -0.2) is 4.79 Å². The molecular formula is C12H13BrClNO3. The van der Waals surface area contributed by atoms with Crippen LogP contribution >= 0.6 is 27.5 Å². The first-order valence-corrected chi connectivity index (χ1v) is 6.48. The Morgan fingerprint density at radius 1 is 1.50 bits per heavy atom. The van der Waals surface area contributed by atoms with E-state index in [9.17, 15) is 9.59 Å². The molecule has 1 aromatic carbocycles. The first-order chi connectivity index (χ1) is 8.30. The Labute approximate surface area is 118 Å². The van der Waals surface area contributed by atoms with E-state index in [-0.39, 0.29) is 17.0 Å². The lowest BCUT2D eigenvalue weighted by atomic mass is 9.98. The normalized spacial score (nSPS) is 13.8. The van der Waals surface area contributed by atoms with Crippen LogP contribution in [0, 0.1) is 0 Å². The maximum absolute atomic E-state index is 12.0. The van der Waals surface area contributed by atoms with E-state index < -0.39 is 17.4 Å². The molecule has 0 aliphatic carbocycles. The van der Waals surface area contributed by atoms with E-state index in [1.165, 1.54) is 6.92 Å². The van der Waals surface area contributed by atoms with E-state index in [1.54, 1.807) is 25.1 Å². The second-order valence-corrected chi connectivity index (χ2v) is 5.39. The Morgan fingerprint density at radius 3 is 2.56 bits per heavy atom. The first-order valence-electron chi connectivity index (χ1n) is 5.31. The highest BCUT2D eigenvalue weighted by Crippen LogP contribution is 2.22. The number of benzene rings is 1. The number of rotatable bonds is 4. The van der Waals surface area contributed by atoms with Crippen LogP contribution in [0.15, 0.2) is 22.7 Å². The zero-order chi connectivity index (χ0) is 13.9. The highest BCUT2D eigenvalue weighted by atomic mass is 79.9. The van der Waals surface area contributed by atoms with Crippen LogP contribution < -0.4 is 5.32 Å². The number of carbonyl (C=O) groups excluding carboxylic acids is 1. The van der Waals surface area contributed by atoms with Gasteiger partial charge in [-0.05, 0) is 31.5 Å². The van der Waals surface area contributed by atoms with Gasteiger partial charge in [0.25, 0.3) is 5.91 Å². The summed E-state index contributed by atoms with van der Waals surface area (Å²) in [4.78, 5) is 23.1. The topological polar surface area (TPSA) is 66.4 Å². The number of amides is 1. The van der Waals surface area contributed by atoms with Crippen molar-refractivity contribution in [1.82, 2.24) is 5.32 Å². The van der Waals surface area contributed by atoms with Crippen LogP contribution in [0.2, 0.25) is 5.02 Å². The van der Waals surface area contributed by atoms with Gasteiger partial charge < -0.3 is 10.4 Å². The van der Waals surface area contributed by atoms with Crippen LogP contribution in [0.25, 0.3) is 0 Å². The molecule has 98 valence electrons. The molecule has 0 bridgehead atoms. The third kappa shape index (κ3) is 3.23. The third-order valence-corrected chi connectivity index (χ3v) is 3.55. The van der Waals surface area contributed by atoms with Crippen LogP contribution in [0.4, 0.5) is 0 Å². The highest BCUT2D eigenvalue weighted by Gasteiger charge is 2.33. The van der Waals surface area contributed by atoms with Gasteiger partial charge in [-0.15, -0.1) is 0 Å². The number of nitrogens with one attached hydrogen (secondary N) is 1. The maximum atomic E-state index is 12.0. The smallest absolute Gasteiger partial charge is 0.329 e. The number of halogens is 2. The molecule has 6 heteroatoms. The molecule has 0 heterocycles. The minimum Gasteiger partial charge on any atom is -0.480 e. The van der Waals surface area contributed by atoms with Gasteiger partial charge in [-0.1, -0.05) is 34.5 Å². The lowest BCUT2D eigenvalue weighted by Crippen LogP contribution is -2.51. The van der Waals surface area contributed by atoms with Gasteiger partial charge in [0.05, 0.1) is 10.6 Å². The van der Waals surface area contributed by atoms with Crippen molar-refractivity contribution in [3.05, 3.63) is 33.3 Å². The SMILES string of the molecule is CCC(C)(NC(=O)c1ccc(Br)cc1Cl)C(=O)O. The molecular weight excluding hydrogens is 321 g/mol. The van der Waals surface area contributed by atoms with Crippen molar-refractivity contribution >= 4 is 39.4 Å². The lowest BCUT2D eigenvalue weighted by molar-refractivity contribution is -0.143. The lowest BCUT2D eigenvalue weighted by Gasteiger charge is -2.24. The fourth-order valence-corrected chi connectivity index (χ4v) is 2.04. The molecule has 0 fully saturated rings. The molecule has 1 atom stereocenters. The van der Waals surface area contributed by atoms with Crippen LogP contribution in [0.1, 0.15) is 30.6 Å². The first kappa shape index (κ1) is 15.0. The number of hydrogen-bond acceptors (Lipinski definition) is 2. The van der Waals surface area contributed by atoms with Gasteiger partial charge in [0.1, 0.15) is 5.54 Å². The van der Waals surface area contributed by atoms with Crippen molar-refractivity contribution in [2.75, 3.05) is 0 Å². The Morgan fingerprint density at radius 2 is 2.11 bits per heavy atom. The molecule has 0 aliphatic rings. The van der Waals surface area contributed by atoms with Gasteiger partial charge in [0.15, 0.2) is 0 Å². The molecule has 1 aromatic rings. The van der Waals surface area contributed by atoms with Gasteiger partial charge in [0.2, 0.25) is 0 Å². The van der Waals surface area contributed by atoms with Crippen LogP contribution in [-0.4, -0.2) is 22.5 Å². The fourth-order valence-electron chi connectivity index (χ4n) is 1.28. The fraction of sp³-hybridized carbons (Fsp3) is 0.333. The molecule has 0 spiro atoms.